The smallest absolute Gasteiger partial charge is 0.323 e. The molecule has 0 saturated carbocycles. The summed E-state index contributed by atoms with van der Waals surface area (Å²) in [4.78, 5) is 60.8. The topological polar surface area (TPSA) is 261 Å². The molecule has 0 aliphatic heterocycles. The van der Waals surface area contributed by atoms with E-state index in [1.807, 2.05) is 0 Å². The van der Waals surface area contributed by atoms with Crippen molar-refractivity contribution in [3.63, 3.8) is 0 Å². The Morgan fingerprint density at radius 2 is 0.943 bits per heavy atom. The summed E-state index contributed by atoms with van der Waals surface area (Å²) in [5.74, 6) is -3.99. The lowest BCUT2D eigenvalue weighted by Gasteiger charge is -2.28. The summed E-state index contributed by atoms with van der Waals surface area (Å²) in [5, 5.41) is 67.9. The summed E-state index contributed by atoms with van der Waals surface area (Å²) in [7, 11) is 0. The van der Waals surface area contributed by atoms with Crippen LogP contribution in [-0.4, -0.2) is 165 Å². The van der Waals surface area contributed by atoms with Gasteiger partial charge in [-0.05, 0) is 0 Å². The molecule has 0 spiro atoms. The van der Waals surface area contributed by atoms with Crippen LogP contribution in [0.25, 0.3) is 0 Å². The van der Waals surface area contributed by atoms with E-state index in [1.165, 1.54) is 4.90 Å². The molecule has 17 heteroatoms. The monoisotopic (exact) mass is 511 g/mol. The SMILES string of the molecule is O=C(O)CN(CCN(CC(=O)O)C(=O)NCC(O)CO)CCN(CC(=O)O)C(=O)NCC(O)CO. The van der Waals surface area contributed by atoms with Crippen LogP contribution in [0.4, 0.5) is 9.59 Å². The largest absolute Gasteiger partial charge is 0.480 e. The highest BCUT2D eigenvalue weighted by Crippen LogP contribution is 1.99. The van der Waals surface area contributed by atoms with Crippen LogP contribution in [0.15, 0.2) is 0 Å². The minimum absolute atomic E-state index is 0.165. The molecule has 2 unspecified atom stereocenters. The number of aliphatic carboxylic acids is 3. The predicted molar refractivity (Wildman–Crippen MR) is 115 cm³/mol. The Labute approximate surface area is 200 Å². The van der Waals surface area contributed by atoms with Gasteiger partial charge in [0.25, 0.3) is 0 Å². The normalized spacial score (nSPS) is 12.5. The summed E-state index contributed by atoms with van der Waals surface area (Å²) in [6, 6.07) is -1.77. The molecule has 9 N–H and O–H groups in total. The molecule has 0 aromatic rings. The predicted octanol–water partition coefficient (Wildman–Crippen LogP) is -4.73. The van der Waals surface area contributed by atoms with Crippen molar-refractivity contribution in [1.82, 2.24) is 25.3 Å². The lowest BCUT2D eigenvalue weighted by atomic mass is 10.3. The van der Waals surface area contributed by atoms with Gasteiger partial charge in [0, 0.05) is 39.3 Å². The van der Waals surface area contributed by atoms with Crippen molar-refractivity contribution in [3.8, 4) is 0 Å². The highest BCUT2D eigenvalue weighted by molar-refractivity contribution is 5.80. The highest BCUT2D eigenvalue weighted by Gasteiger charge is 2.22. The van der Waals surface area contributed by atoms with Gasteiger partial charge < -0.3 is 56.2 Å². The molecule has 4 amide bonds. The minimum Gasteiger partial charge on any atom is -0.480 e. The van der Waals surface area contributed by atoms with Gasteiger partial charge >= 0.3 is 30.0 Å². The number of carbonyl (C=O) groups excluding carboxylic acids is 2. The van der Waals surface area contributed by atoms with Crippen LogP contribution in [0.3, 0.4) is 0 Å². The lowest BCUT2D eigenvalue weighted by molar-refractivity contribution is -0.140. The molecule has 0 rings (SSSR count). The summed E-state index contributed by atoms with van der Waals surface area (Å²) < 4.78 is 0. The third-order valence-electron chi connectivity index (χ3n) is 4.36. The van der Waals surface area contributed by atoms with Crippen LogP contribution in [0, 0.1) is 0 Å². The van der Waals surface area contributed by atoms with Gasteiger partial charge in [0.1, 0.15) is 13.1 Å². The molecule has 0 heterocycles. The minimum atomic E-state index is -1.36. The number of amides is 4. The number of carboxylic acid groups (broad SMARTS) is 3. The van der Waals surface area contributed by atoms with E-state index in [0.717, 1.165) is 9.80 Å². The first-order valence-corrected chi connectivity index (χ1v) is 10.4. The van der Waals surface area contributed by atoms with Gasteiger partial charge in [-0.15, -0.1) is 0 Å². The van der Waals surface area contributed by atoms with Gasteiger partial charge in [0.15, 0.2) is 0 Å². The van der Waals surface area contributed by atoms with E-state index in [1.54, 1.807) is 0 Å². The number of aliphatic hydroxyl groups is 4. The van der Waals surface area contributed by atoms with Crippen LogP contribution in [0.5, 0.6) is 0 Å². The standard InChI is InChI=1S/C18H33N5O12/c24-10-12(26)5-19-17(34)22(8-15(30)31)3-1-21(7-14(28)29)2-4-23(9-16(32)33)18(35)20-6-13(27)11-25/h12-13,24-27H,1-11H2,(H,19,34)(H,20,35)(H,28,29)(H,30,31)(H,32,33). The third-order valence-corrected chi connectivity index (χ3v) is 4.36. The maximum Gasteiger partial charge on any atom is 0.323 e. The van der Waals surface area contributed by atoms with Gasteiger partial charge in [-0.1, -0.05) is 0 Å². The number of nitrogens with one attached hydrogen (secondary N) is 2. The molecule has 0 saturated heterocycles. The van der Waals surface area contributed by atoms with Gasteiger partial charge in [-0.2, -0.15) is 0 Å². The van der Waals surface area contributed by atoms with Crippen LogP contribution in [0.2, 0.25) is 0 Å². The molecule has 0 aliphatic carbocycles. The van der Waals surface area contributed by atoms with Crippen LogP contribution in [-0.2, 0) is 14.4 Å². The van der Waals surface area contributed by atoms with E-state index < -0.39 is 75.0 Å². The molecule has 0 fully saturated rings. The van der Waals surface area contributed by atoms with E-state index >= 15 is 0 Å². The Hall–Kier alpha value is -3.25. The average molecular weight is 511 g/mol. The number of nitrogens with zero attached hydrogens (tertiary/aromatic N) is 3. The van der Waals surface area contributed by atoms with Crippen molar-refractivity contribution in [3.05, 3.63) is 0 Å². The zero-order valence-electron chi connectivity index (χ0n) is 18.9. The molecular formula is C18H33N5O12. The van der Waals surface area contributed by atoms with Crippen molar-refractivity contribution >= 4 is 30.0 Å². The average Bonchev–Trinajstić information content (AvgIpc) is 2.79. The molecule has 0 bridgehead atoms. The Kier molecular flexibility index (Phi) is 15.6. The fraction of sp³-hybridized carbons (Fsp3) is 0.722. The Morgan fingerprint density at radius 3 is 1.23 bits per heavy atom. The van der Waals surface area contributed by atoms with E-state index in [2.05, 4.69) is 10.6 Å². The van der Waals surface area contributed by atoms with Crippen molar-refractivity contribution in [2.75, 3.05) is 72.1 Å². The first-order chi connectivity index (χ1) is 16.4. The van der Waals surface area contributed by atoms with Crippen LogP contribution in [0.1, 0.15) is 0 Å². The summed E-state index contributed by atoms with van der Waals surface area (Å²) in [6.45, 7) is -4.91. The van der Waals surface area contributed by atoms with Crippen molar-refractivity contribution in [2.45, 2.75) is 12.2 Å². The number of aliphatic hydroxyl groups excluding tert-OH is 4. The number of carboxylic acids is 3. The Bertz CT molecular complexity index is 659. The molecule has 35 heavy (non-hydrogen) atoms. The number of hydrogen-bond acceptors (Lipinski definition) is 10. The van der Waals surface area contributed by atoms with E-state index in [-0.39, 0.29) is 39.3 Å². The second-order valence-corrected chi connectivity index (χ2v) is 7.35. The summed E-state index contributed by atoms with van der Waals surface area (Å²) in [5.41, 5.74) is 0. The van der Waals surface area contributed by atoms with E-state index in [0.29, 0.717) is 0 Å². The molecule has 2 atom stereocenters. The molecule has 17 nitrogen and oxygen atoms in total. The maximum absolute atomic E-state index is 12.2. The number of rotatable bonds is 18. The molecule has 0 aliphatic rings. The number of carbonyl (C=O) groups is 5. The maximum atomic E-state index is 12.2. The third kappa shape index (κ3) is 15.3. The number of hydrogen-bond donors (Lipinski definition) is 9. The highest BCUT2D eigenvalue weighted by atomic mass is 16.4. The first-order valence-electron chi connectivity index (χ1n) is 10.4. The molecular weight excluding hydrogens is 478 g/mol. The Morgan fingerprint density at radius 1 is 0.600 bits per heavy atom. The van der Waals surface area contributed by atoms with Crippen LogP contribution >= 0.6 is 0 Å². The van der Waals surface area contributed by atoms with Gasteiger partial charge in [-0.25, -0.2) is 9.59 Å². The van der Waals surface area contributed by atoms with Crippen molar-refractivity contribution < 1.29 is 59.7 Å². The van der Waals surface area contributed by atoms with E-state index in [9.17, 15) is 34.2 Å². The molecule has 0 aromatic carbocycles. The van der Waals surface area contributed by atoms with Gasteiger partial charge in [0.05, 0.1) is 32.0 Å². The van der Waals surface area contributed by atoms with Gasteiger partial charge in [0.2, 0.25) is 0 Å². The Balaban J connectivity index is 5.20. The van der Waals surface area contributed by atoms with E-state index in [4.69, 9.17) is 25.5 Å². The molecule has 0 radical (unpaired) electrons. The van der Waals surface area contributed by atoms with Crippen molar-refractivity contribution in [1.29, 1.82) is 0 Å². The van der Waals surface area contributed by atoms with Crippen molar-refractivity contribution in [2.24, 2.45) is 0 Å². The van der Waals surface area contributed by atoms with Crippen LogP contribution < -0.4 is 10.6 Å². The first kappa shape index (κ1) is 31.8. The zero-order valence-corrected chi connectivity index (χ0v) is 18.9. The molecule has 0 aromatic heterocycles. The molecule has 202 valence electrons. The quantitative estimate of drug-likeness (QED) is 0.0838. The second kappa shape index (κ2) is 17.2. The fourth-order valence-electron chi connectivity index (χ4n) is 2.58. The summed E-state index contributed by atoms with van der Waals surface area (Å²) in [6.07, 6.45) is -2.53. The second-order valence-electron chi connectivity index (χ2n) is 7.35. The lowest BCUT2D eigenvalue weighted by Crippen LogP contribution is -2.50. The van der Waals surface area contributed by atoms with Gasteiger partial charge in [-0.3, -0.25) is 19.3 Å². The number of urea groups is 2. The zero-order chi connectivity index (χ0) is 27.0. The summed E-state index contributed by atoms with van der Waals surface area (Å²) >= 11 is 0. The fourth-order valence-corrected chi connectivity index (χ4v) is 2.58.